The second-order valence-electron chi connectivity index (χ2n) is 5.76. The summed E-state index contributed by atoms with van der Waals surface area (Å²) in [5.41, 5.74) is 4.02. The minimum atomic E-state index is 0.0768. The summed E-state index contributed by atoms with van der Waals surface area (Å²) in [4.78, 5) is 4.03. The van der Waals surface area contributed by atoms with E-state index in [4.69, 9.17) is 22.2 Å². The van der Waals surface area contributed by atoms with Crippen LogP contribution in [0.2, 0.25) is 5.02 Å². The SMILES string of the molecule is CCOC(C1CCCCC1)C(Cc1ccncc1Cl)NN. The van der Waals surface area contributed by atoms with Crippen LogP contribution in [0.1, 0.15) is 44.6 Å². The van der Waals surface area contributed by atoms with Crippen LogP contribution in [0.15, 0.2) is 18.5 Å². The maximum absolute atomic E-state index is 6.22. The topological polar surface area (TPSA) is 60.2 Å². The number of hydrazine groups is 1. The first-order valence-corrected chi connectivity index (χ1v) is 8.30. The summed E-state index contributed by atoms with van der Waals surface area (Å²) in [5.74, 6) is 6.40. The Morgan fingerprint density at radius 2 is 2.19 bits per heavy atom. The fraction of sp³-hybridized carbons (Fsp3) is 0.688. The smallest absolute Gasteiger partial charge is 0.0772 e. The van der Waals surface area contributed by atoms with E-state index in [9.17, 15) is 0 Å². The van der Waals surface area contributed by atoms with Gasteiger partial charge in [0.25, 0.3) is 0 Å². The predicted octanol–water partition coefficient (Wildman–Crippen LogP) is 3.09. The Labute approximate surface area is 132 Å². The zero-order chi connectivity index (χ0) is 15.1. The number of aromatic nitrogens is 1. The molecule has 1 heterocycles. The number of pyridine rings is 1. The van der Waals surface area contributed by atoms with Crippen molar-refractivity contribution in [3.05, 3.63) is 29.0 Å². The molecule has 1 aliphatic carbocycles. The molecule has 0 amide bonds. The molecular weight excluding hydrogens is 286 g/mol. The lowest BCUT2D eigenvalue weighted by molar-refractivity contribution is -0.0175. The minimum absolute atomic E-state index is 0.0768. The van der Waals surface area contributed by atoms with E-state index in [1.165, 1.54) is 32.1 Å². The molecule has 1 saturated carbocycles. The van der Waals surface area contributed by atoms with E-state index in [1.54, 1.807) is 12.4 Å². The first-order valence-electron chi connectivity index (χ1n) is 7.92. The van der Waals surface area contributed by atoms with Crippen LogP contribution in [0.5, 0.6) is 0 Å². The van der Waals surface area contributed by atoms with Crippen LogP contribution in [0.3, 0.4) is 0 Å². The van der Waals surface area contributed by atoms with Gasteiger partial charge in [0.05, 0.1) is 17.2 Å². The van der Waals surface area contributed by atoms with Gasteiger partial charge in [0.2, 0.25) is 0 Å². The second-order valence-corrected chi connectivity index (χ2v) is 6.17. The zero-order valence-corrected chi connectivity index (χ0v) is 13.5. The van der Waals surface area contributed by atoms with Gasteiger partial charge in [-0.05, 0) is 43.7 Å². The first-order chi connectivity index (χ1) is 10.3. The van der Waals surface area contributed by atoms with Gasteiger partial charge in [-0.15, -0.1) is 0 Å². The van der Waals surface area contributed by atoms with Crippen molar-refractivity contribution in [2.24, 2.45) is 11.8 Å². The molecule has 2 unspecified atom stereocenters. The van der Waals surface area contributed by atoms with Crippen LogP contribution in [0.25, 0.3) is 0 Å². The van der Waals surface area contributed by atoms with Gasteiger partial charge in [-0.25, -0.2) is 0 Å². The summed E-state index contributed by atoms with van der Waals surface area (Å²) >= 11 is 6.22. The van der Waals surface area contributed by atoms with Gasteiger partial charge in [-0.3, -0.25) is 16.3 Å². The van der Waals surface area contributed by atoms with Crippen molar-refractivity contribution >= 4 is 11.6 Å². The fourth-order valence-electron chi connectivity index (χ4n) is 3.31. The molecule has 2 rings (SSSR count). The Balaban J connectivity index is 2.09. The van der Waals surface area contributed by atoms with Gasteiger partial charge < -0.3 is 4.74 Å². The lowest BCUT2D eigenvalue weighted by atomic mass is 9.81. The fourth-order valence-corrected chi connectivity index (χ4v) is 3.51. The Morgan fingerprint density at radius 1 is 1.43 bits per heavy atom. The van der Waals surface area contributed by atoms with Crippen molar-refractivity contribution < 1.29 is 4.74 Å². The largest absolute Gasteiger partial charge is 0.377 e. The van der Waals surface area contributed by atoms with Crippen LogP contribution in [-0.4, -0.2) is 23.7 Å². The molecule has 21 heavy (non-hydrogen) atoms. The normalized spacial score (nSPS) is 19.4. The van der Waals surface area contributed by atoms with Gasteiger partial charge in [0, 0.05) is 19.0 Å². The molecule has 1 aliphatic rings. The van der Waals surface area contributed by atoms with E-state index in [-0.39, 0.29) is 12.1 Å². The van der Waals surface area contributed by atoms with Gasteiger partial charge in [0.15, 0.2) is 0 Å². The molecule has 2 atom stereocenters. The molecule has 5 heteroatoms. The van der Waals surface area contributed by atoms with E-state index < -0.39 is 0 Å². The van der Waals surface area contributed by atoms with E-state index in [1.807, 2.05) is 13.0 Å². The summed E-state index contributed by atoms with van der Waals surface area (Å²) in [6.07, 6.45) is 10.7. The Morgan fingerprint density at radius 3 is 2.81 bits per heavy atom. The molecule has 3 N–H and O–H groups in total. The van der Waals surface area contributed by atoms with Crippen LogP contribution in [0.4, 0.5) is 0 Å². The molecule has 0 spiro atoms. The highest BCUT2D eigenvalue weighted by atomic mass is 35.5. The van der Waals surface area contributed by atoms with Gasteiger partial charge >= 0.3 is 0 Å². The maximum Gasteiger partial charge on any atom is 0.0772 e. The predicted molar refractivity (Wildman–Crippen MR) is 86.1 cm³/mol. The van der Waals surface area contributed by atoms with Crippen molar-refractivity contribution in [2.45, 2.75) is 57.6 Å². The number of hydrogen-bond donors (Lipinski definition) is 2. The van der Waals surface area contributed by atoms with Crippen molar-refractivity contribution in [3.8, 4) is 0 Å². The van der Waals surface area contributed by atoms with Crippen LogP contribution >= 0.6 is 11.6 Å². The van der Waals surface area contributed by atoms with E-state index in [2.05, 4.69) is 10.4 Å². The average molecular weight is 312 g/mol. The average Bonchev–Trinajstić information content (AvgIpc) is 2.53. The molecule has 0 saturated heterocycles. The summed E-state index contributed by atoms with van der Waals surface area (Å²) in [6, 6.07) is 2.03. The summed E-state index contributed by atoms with van der Waals surface area (Å²) < 4.78 is 6.05. The van der Waals surface area contributed by atoms with Crippen molar-refractivity contribution in [1.29, 1.82) is 0 Å². The standard InChI is InChI=1S/C16H26ClN3O/c1-2-21-16(12-6-4-3-5-7-12)15(20-18)10-13-8-9-19-11-14(13)17/h8-9,11-12,15-16,20H,2-7,10,18H2,1H3. The van der Waals surface area contributed by atoms with E-state index in [0.717, 1.165) is 12.0 Å². The van der Waals surface area contributed by atoms with Crippen molar-refractivity contribution in [2.75, 3.05) is 6.61 Å². The Bertz CT molecular complexity index is 424. The molecular formula is C16H26ClN3O. The molecule has 118 valence electrons. The monoisotopic (exact) mass is 311 g/mol. The quantitative estimate of drug-likeness (QED) is 0.600. The van der Waals surface area contributed by atoms with Crippen LogP contribution in [0, 0.1) is 5.92 Å². The minimum Gasteiger partial charge on any atom is -0.377 e. The van der Waals surface area contributed by atoms with Gasteiger partial charge in [0.1, 0.15) is 0 Å². The second kappa shape index (κ2) is 8.69. The molecule has 1 aromatic heterocycles. The molecule has 0 radical (unpaired) electrons. The molecule has 1 fully saturated rings. The molecule has 4 nitrogen and oxygen atoms in total. The molecule has 0 aromatic carbocycles. The van der Waals surface area contributed by atoms with Gasteiger partial charge in [-0.1, -0.05) is 30.9 Å². The molecule has 1 aromatic rings. The summed E-state index contributed by atoms with van der Waals surface area (Å²) in [6.45, 7) is 2.76. The van der Waals surface area contributed by atoms with Crippen molar-refractivity contribution in [1.82, 2.24) is 10.4 Å². The lowest BCUT2D eigenvalue weighted by Crippen LogP contribution is -2.50. The lowest BCUT2D eigenvalue weighted by Gasteiger charge is -2.35. The number of nitrogens with two attached hydrogens (primary N) is 1. The highest BCUT2D eigenvalue weighted by Gasteiger charge is 2.31. The highest BCUT2D eigenvalue weighted by molar-refractivity contribution is 6.31. The Kier molecular flexibility index (Phi) is 6.90. The van der Waals surface area contributed by atoms with E-state index >= 15 is 0 Å². The van der Waals surface area contributed by atoms with Crippen LogP contribution < -0.4 is 11.3 Å². The van der Waals surface area contributed by atoms with Crippen molar-refractivity contribution in [3.63, 3.8) is 0 Å². The number of rotatable bonds is 7. The summed E-state index contributed by atoms with van der Waals surface area (Å²) in [7, 11) is 0. The number of ether oxygens (including phenoxy) is 1. The van der Waals surface area contributed by atoms with E-state index in [0.29, 0.717) is 17.5 Å². The molecule has 0 bridgehead atoms. The highest BCUT2D eigenvalue weighted by Crippen LogP contribution is 2.30. The van der Waals surface area contributed by atoms with Crippen LogP contribution in [-0.2, 0) is 11.2 Å². The third-order valence-corrected chi connectivity index (χ3v) is 4.72. The summed E-state index contributed by atoms with van der Waals surface area (Å²) in [5, 5.41) is 0.691. The number of hydrogen-bond acceptors (Lipinski definition) is 4. The maximum atomic E-state index is 6.22. The first kappa shape index (κ1) is 16.7. The third kappa shape index (κ3) is 4.65. The third-order valence-electron chi connectivity index (χ3n) is 4.38. The Hall–Kier alpha value is -0.680. The molecule has 0 aliphatic heterocycles. The van der Waals surface area contributed by atoms with Gasteiger partial charge in [-0.2, -0.15) is 0 Å². The zero-order valence-electron chi connectivity index (χ0n) is 12.7. The number of halogens is 1. The number of nitrogens with zero attached hydrogens (tertiary/aromatic N) is 1. The number of nitrogens with one attached hydrogen (secondary N) is 1.